The second kappa shape index (κ2) is 5.87. The first kappa shape index (κ1) is 12.9. The molecule has 4 nitrogen and oxygen atoms in total. The Hall–Kier alpha value is -1.55. The summed E-state index contributed by atoms with van der Waals surface area (Å²) in [7, 11) is 2.12. The van der Waals surface area contributed by atoms with Crippen LogP contribution in [-0.4, -0.2) is 37.5 Å². The molecule has 1 aliphatic heterocycles. The number of hydrogen-bond donors (Lipinski definition) is 2. The summed E-state index contributed by atoms with van der Waals surface area (Å²) in [5.41, 5.74) is 7.36. The van der Waals surface area contributed by atoms with Crippen LogP contribution in [0.1, 0.15) is 12.0 Å². The molecule has 0 saturated carbocycles. The Kier molecular flexibility index (Phi) is 4.20. The van der Waals surface area contributed by atoms with Crippen molar-refractivity contribution in [2.75, 3.05) is 32.4 Å². The predicted octanol–water partition coefficient (Wildman–Crippen LogP) is 0.879. The molecule has 0 radical (unpaired) electrons. The number of likely N-dealkylation sites (tertiary alicyclic amines) is 1. The highest BCUT2D eigenvalue weighted by Crippen LogP contribution is 2.13. The summed E-state index contributed by atoms with van der Waals surface area (Å²) in [6, 6.07) is 7.49. The number of nitrogens with one attached hydrogen (secondary N) is 1. The lowest BCUT2D eigenvalue weighted by Crippen LogP contribution is -2.31. The lowest BCUT2D eigenvalue weighted by atomic mass is 10.1. The Bertz CT molecular complexity index is 419. The van der Waals surface area contributed by atoms with Crippen LogP contribution in [0.5, 0.6) is 0 Å². The molecule has 1 atom stereocenters. The SMILES string of the molecule is CN1CCC(CNC(=O)Cc2cccc(N)c2)C1. The highest BCUT2D eigenvalue weighted by Gasteiger charge is 2.19. The fourth-order valence-electron chi connectivity index (χ4n) is 2.40. The van der Waals surface area contributed by atoms with Gasteiger partial charge in [-0.15, -0.1) is 0 Å². The molecule has 18 heavy (non-hydrogen) atoms. The number of anilines is 1. The van der Waals surface area contributed by atoms with Crippen LogP contribution in [0.3, 0.4) is 0 Å². The number of benzene rings is 1. The monoisotopic (exact) mass is 247 g/mol. The van der Waals surface area contributed by atoms with Crippen molar-refractivity contribution < 1.29 is 4.79 Å². The zero-order chi connectivity index (χ0) is 13.0. The van der Waals surface area contributed by atoms with Crippen LogP contribution in [0.25, 0.3) is 0 Å². The number of nitrogens with zero attached hydrogens (tertiary/aromatic N) is 1. The zero-order valence-electron chi connectivity index (χ0n) is 10.9. The number of hydrogen-bond acceptors (Lipinski definition) is 3. The van der Waals surface area contributed by atoms with Crippen LogP contribution in [0, 0.1) is 5.92 Å². The standard InChI is InChI=1S/C14H21N3O/c1-17-6-5-12(10-17)9-16-14(18)8-11-3-2-4-13(15)7-11/h2-4,7,12H,5-6,8-10,15H2,1H3,(H,16,18). The quantitative estimate of drug-likeness (QED) is 0.777. The van der Waals surface area contributed by atoms with Gasteiger partial charge in [-0.25, -0.2) is 0 Å². The van der Waals surface area contributed by atoms with E-state index >= 15 is 0 Å². The van der Waals surface area contributed by atoms with Gasteiger partial charge in [0.05, 0.1) is 6.42 Å². The molecule has 2 rings (SSSR count). The van der Waals surface area contributed by atoms with Gasteiger partial charge in [0.25, 0.3) is 0 Å². The first-order valence-electron chi connectivity index (χ1n) is 6.43. The van der Waals surface area contributed by atoms with Crippen molar-refractivity contribution in [3.8, 4) is 0 Å². The van der Waals surface area contributed by atoms with Crippen molar-refractivity contribution >= 4 is 11.6 Å². The minimum atomic E-state index is 0.0788. The highest BCUT2D eigenvalue weighted by atomic mass is 16.1. The molecule has 1 amide bonds. The normalized spacial score (nSPS) is 19.9. The number of rotatable bonds is 4. The summed E-state index contributed by atoms with van der Waals surface area (Å²) in [5.74, 6) is 0.676. The maximum absolute atomic E-state index is 11.8. The van der Waals surface area contributed by atoms with Crippen LogP contribution in [0.15, 0.2) is 24.3 Å². The number of carbonyl (C=O) groups excluding carboxylic acids is 1. The Balaban J connectivity index is 1.75. The summed E-state index contributed by atoms with van der Waals surface area (Å²) in [6.07, 6.45) is 1.59. The summed E-state index contributed by atoms with van der Waals surface area (Å²) >= 11 is 0. The lowest BCUT2D eigenvalue weighted by molar-refractivity contribution is -0.120. The van der Waals surface area contributed by atoms with E-state index in [0.717, 1.165) is 25.2 Å². The van der Waals surface area contributed by atoms with Gasteiger partial charge in [0.15, 0.2) is 0 Å². The molecule has 1 aliphatic rings. The molecular formula is C14H21N3O. The van der Waals surface area contributed by atoms with Gasteiger partial charge in [-0.1, -0.05) is 12.1 Å². The molecule has 1 heterocycles. The zero-order valence-corrected chi connectivity index (χ0v) is 10.9. The van der Waals surface area contributed by atoms with Gasteiger partial charge in [0.1, 0.15) is 0 Å². The third-order valence-electron chi connectivity index (χ3n) is 3.39. The van der Waals surface area contributed by atoms with E-state index in [1.54, 1.807) is 0 Å². The lowest BCUT2D eigenvalue weighted by Gasteiger charge is -2.11. The van der Waals surface area contributed by atoms with E-state index in [9.17, 15) is 4.79 Å². The van der Waals surface area contributed by atoms with E-state index in [4.69, 9.17) is 5.73 Å². The molecule has 1 aromatic rings. The number of nitrogen functional groups attached to an aromatic ring is 1. The number of amides is 1. The van der Waals surface area contributed by atoms with Crippen molar-refractivity contribution in [2.45, 2.75) is 12.8 Å². The predicted molar refractivity (Wildman–Crippen MR) is 73.2 cm³/mol. The van der Waals surface area contributed by atoms with E-state index < -0.39 is 0 Å². The van der Waals surface area contributed by atoms with Crippen LogP contribution >= 0.6 is 0 Å². The highest BCUT2D eigenvalue weighted by molar-refractivity contribution is 5.78. The Labute approximate surface area is 108 Å². The summed E-state index contributed by atoms with van der Waals surface area (Å²) < 4.78 is 0. The molecule has 0 spiro atoms. The maximum Gasteiger partial charge on any atom is 0.224 e. The van der Waals surface area contributed by atoms with Gasteiger partial charge in [-0.2, -0.15) is 0 Å². The molecule has 1 unspecified atom stereocenters. The van der Waals surface area contributed by atoms with Crippen molar-refractivity contribution in [1.82, 2.24) is 10.2 Å². The van der Waals surface area contributed by atoms with Crippen molar-refractivity contribution in [2.24, 2.45) is 5.92 Å². The maximum atomic E-state index is 11.8. The second-order valence-electron chi connectivity index (χ2n) is 5.14. The largest absolute Gasteiger partial charge is 0.399 e. The minimum Gasteiger partial charge on any atom is -0.399 e. The summed E-state index contributed by atoms with van der Waals surface area (Å²) in [4.78, 5) is 14.1. The fraction of sp³-hybridized carbons (Fsp3) is 0.500. The smallest absolute Gasteiger partial charge is 0.224 e. The van der Waals surface area contributed by atoms with Gasteiger partial charge in [0.2, 0.25) is 5.91 Å². The van der Waals surface area contributed by atoms with Crippen molar-refractivity contribution in [1.29, 1.82) is 0 Å². The third-order valence-corrected chi connectivity index (χ3v) is 3.39. The Morgan fingerprint density at radius 1 is 1.56 bits per heavy atom. The van der Waals surface area contributed by atoms with Gasteiger partial charge < -0.3 is 16.0 Å². The Morgan fingerprint density at radius 3 is 3.06 bits per heavy atom. The average molecular weight is 247 g/mol. The minimum absolute atomic E-state index is 0.0788. The molecule has 3 N–H and O–H groups in total. The second-order valence-corrected chi connectivity index (χ2v) is 5.14. The number of nitrogens with two attached hydrogens (primary N) is 1. The van der Waals surface area contributed by atoms with Gasteiger partial charge in [-0.05, 0) is 43.6 Å². The molecule has 0 aromatic heterocycles. The van der Waals surface area contributed by atoms with Crippen LogP contribution in [0.4, 0.5) is 5.69 Å². The van der Waals surface area contributed by atoms with E-state index in [1.807, 2.05) is 24.3 Å². The van der Waals surface area contributed by atoms with E-state index in [0.29, 0.717) is 18.0 Å². The average Bonchev–Trinajstić information content (AvgIpc) is 2.73. The van der Waals surface area contributed by atoms with Crippen LogP contribution < -0.4 is 11.1 Å². The summed E-state index contributed by atoms with van der Waals surface area (Å²) in [6.45, 7) is 3.00. The molecular weight excluding hydrogens is 226 g/mol. The molecule has 0 aliphatic carbocycles. The first-order chi connectivity index (χ1) is 8.63. The molecule has 4 heteroatoms. The molecule has 1 fully saturated rings. The topological polar surface area (TPSA) is 58.4 Å². The Morgan fingerprint density at radius 2 is 2.39 bits per heavy atom. The fourth-order valence-corrected chi connectivity index (χ4v) is 2.40. The molecule has 1 aromatic carbocycles. The van der Waals surface area contributed by atoms with Crippen LogP contribution in [-0.2, 0) is 11.2 Å². The van der Waals surface area contributed by atoms with E-state index in [2.05, 4.69) is 17.3 Å². The molecule has 1 saturated heterocycles. The van der Waals surface area contributed by atoms with Crippen molar-refractivity contribution in [3.63, 3.8) is 0 Å². The van der Waals surface area contributed by atoms with Gasteiger partial charge >= 0.3 is 0 Å². The first-order valence-corrected chi connectivity index (χ1v) is 6.43. The van der Waals surface area contributed by atoms with E-state index in [1.165, 1.54) is 6.42 Å². The summed E-state index contributed by atoms with van der Waals surface area (Å²) in [5, 5.41) is 3.01. The van der Waals surface area contributed by atoms with Gasteiger partial charge in [-0.3, -0.25) is 4.79 Å². The van der Waals surface area contributed by atoms with Crippen molar-refractivity contribution in [3.05, 3.63) is 29.8 Å². The van der Waals surface area contributed by atoms with E-state index in [-0.39, 0.29) is 5.91 Å². The third kappa shape index (κ3) is 3.74. The molecule has 0 bridgehead atoms. The van der Waals surface area contributed by atoms with Gasteiger partial charge in [0, 0.05) is 18.8 Å². The number of carbonyl (C=O) groups is 1. The molecule has 98 valence electrons. The van der Waals surface area contributed by atoms with Crippen LogP contribution in [0.2, 0.25) is 0 Å².